The summed E-state index contributed by atoms with van der Waals surface area (Å²) in [5.41, 5.74) is 3.33. The third-order valence-electron chi connectivity index (χ3n) is 6.66. The van der Waals surface area contributed by atoms with Crippen LogP contribution in [0.25, 0.3) is 0 Å². The van der Waals surface area contributed by atoms with Gasteiger partial charge in [0.1, 0.15) is 11.8 Å². The number of anilines is 1. The molecule has 0 aliphatic rings. The zero-order valence-corrected chi connectivity index (χ0v) is 25.4. The molecule has 3 aromatic rings. The fourth-order valence-corrected chi connectivity index (χ4v) is 5.58. The van der Waals surface area contributed by atoms with Gasteiger partial charge in [0.25, 0.3) is 0 Å². The van der Waals surface area contributed by atoms with Gasteiger partial charge in [-0.05, 0) is 62.6 Å². The minimum atomic E-state index is -3.56. The SMILES string of the molecule is COc1cccc(CN(C(=O)CCCN(c2ccc(C)cc2)S(C)(=O)=O)[C@H](Cc2ccccc2)C(=O)NC(C)C)c1. The summed E-state index contributed by atoms with van der Waals surface area (Å²) in [5.74, 6) is 0.186. The third-order valence-corrected chi connectivity index (χ3v) is 7.86. The van der Waals surface area contributed by atoms with Gasteiger partial charge in [-0.15, -0.1) is 0 Å². The van der Waals surface area contributed by atoms with Gasteiger partial charge in [-0.2, -0.15) is 0 Å². The topological polar surface area (TPSA) is 96.0 Å². The van der Waals surface area contributed by atoms with Crippen LogP contribution in [-0.4, -0.2) is 57.1 Å². The highest BCUT2D eigenvalue weighted by molar-refractivity contribution is 7.92. The lowest BCUT2D eigenvalue weighted by molar-refractivity contribution is -0.141. The lowest BCUT2D eigenvalue weighted by Crippen LogP contribution is -2.51. The van der Waals surface area contributed by atoms with Crippen LogP contribution in [0.1, 0.15) is 43.4 Å². The minimum Gasteiger partial charge on any atom is -0.497 e. The Kier molecular flexibility index (Phi) is 11.3. The van der Waals surface area contributed by atoms with E-state index >= 15 is 0 Å². The molecule has 9 heteroatoms. The monoisotopic (exact) mass is 579 g/mol. The summed E-state index contributed by atoms with van der Waals surface area (Å²) in [6.45, 7) is 6.05. The van der Waals surface area contributed by atoms with Gasteiger partial charge in [-0.3, -0.25) is 13.9 Å². The fraction of sp³-hybridized carbons (Fsp3) is 0.375. The van der Waals surface area contributed by atoms with Crippen LogP contribution < -0.4 is 14.4 Å². The first-order valence-corrected chi connectivity index (χ1v) is 15.6. The van der Waals surface area contributed by atoms with Crippen molar-refractivity contribution in [3.63, 3.8) is 0 Å². The molecule has 0 saturated heterocycles. The van der Waals surface area contributed by atoms with E-state index in [4.69, 9.17) is 4.74 Å². The fourth-order valence-electron chi connectivity index (χ4n) is 4.62. The smallest absolute Gasteiger partial charge is 0.243 e. The molecule has 41 heavy (non-hydrogen) atoms. The average molecular weight is 580 g/mol. The van der Waals surface area contributed by atoms with Crippen LogP contribution in [-0.2, 0) is 32.6 Å². The molecule has 0 aliphatic carbocycles. The number of ether oxygens (including phenoxy) is 1. The second-order valence-corrected chi connectivity index (χ2v) is 12.4. The van der Waals surface area contributed by atoms with E-state index in [1.807, 2.05) is 87.5 Å². The second kappa shape index (κ2) is 14.7. The quantitative estimate of drug-likeness (QED) is 0.298. The van der Waals surface area contributed by atoms with Gasteiger partial charge in [0.15, 0.2) is 0 Å². The van der Waals surface area contributed by atoms with Crippen molar-refractivity contribution < 1.29 is 22.7 Å². The number of rotatable bonds is 14. The van der Waals surface area contributed by atoms with Gasteiger partial charge in [0.2, 0.25) is 21.8 Å². The molecule has 0 radical (unpaired) electrons. The summed E-state index contributed by atoms with van der Waals surface area (Å²) in [5, 5.41) is 2.98. The Morgan fingerprint density at radius 2 is 1.59 bits per heavy atom. The number of methoxy groups -OCH3 is 1. The number of aryl methyl sites for hydroxylation is 1. The molecule has 0 bridgehead atoms. The highest BCUT2D eigenvalue weighted by atomic mass is 32.2. The molecule has 0 aliphatic heterocycles. The predicted octanol–water partition coefficient (Wildman–Crippen LogP) is 4.71. The lowest BCUT2D eigenvalue weighted by Gasteiger charge is -2.32. The van der Waals surface area contributed by atoms with Crippen molar-refractivity contribution in [2.45, 2.75) is 58.7 Å². The van der Waals surface area contributed by atoms with Gasteiger partial charge in [-0.1, -0.05) is 60.2 Å². The summed E-state index contributed by atoms with van der Waals surface area (Å²) < 4.78 is 31.9. The van der Waals surface area contributed by atoms with Gasteiger partial charge >= 0.3 is 0 Å². The Bertz CT molecular complexity index is 1390. The van der Waals surface area contributed by atoms with E-state index in [-0.39, 0.29) is 43.8 Å². The molecule has 2 amide bonds. The van der Waals surface area contributed by atoms with Crippen LogP contribution >= 0.6 is 0 Å². The van der Waals surface area contributed by atoms with Gasteiger partial charge < -0.3 is 15.0 Å². The number of amides is 2. The number of carbonyl (C=O) groups is 2. The standard InChI is InChI=1S/C32H41N3O5S/c1-24(2)33-32(37)30(22-26-11-7-6-8-12-26)34(23-27-13-9-14-29(21-27)40-4)31(36)15-10-20-35(41(5,38)39)28-18-16-25(3)17-19-28/h6-9,11-14,16-19,21,24,30H,10,15,20,22-23H2,1-5H3,(H,33,37)/t30-/m1/s1. The Morgan fingerprint density at radius 1 is 0.927 bits per heavy atom. The first kappa shape index (κ1) is 31.7. The largest absolute Gasteiger partial charge is 0.497 e. The molecule has 0 heterocycles. The number of hydrogen-bond donors (Lipinski definition) is 1. The molecule has 1 atom stereocenters. The van der Waals surface area contributed by atoms with Crippen molar-refractivity contribution in [1.29, 1.82) is 0 Å². The highest BCUT2D eigenvalue weighted by Crippen LogP contribution is 2.22. The van der Waals surface area contributed by atoms with E-state index in [9.17, 15) is 18.0 Å². The van der Waals surface area contributed by atoms with Gasteiger partial charge in [0.05, 0.1) is 19.1 Å². The molecule has 0 unspecified atom stereocenters. The van der Waals surface area contributed by atoms with E-state index in [0.717, 1.165) is 22.9 Å². The van der Waals surface area contributed by atoms with Crippen molar-refractivity contribution in [2.75, 3.05) is 24.2 Å². The molecule has 0 fully saturated rings. The first-order valence-electron chi connectivity index (χ1n) is 13.8. The second-order valence-electron chi connectivity index (χ2n) is 10.5. The number of nitrogens with zero attached hydrogens (tertiary/aromatic N) is 2. The van der Waals surface area contributed by atoms with E-state index in [0.29, 0.717) is 17.9 Å². The summed E-state index contributed by atoms with van der Waals surface area (Å²) >= 11 is 0. The van der Waals surface area contributed by atoms with Gasteiger partial charge in [-0.25, -0.2) is 8.42 Å². The van der Waals surface area contributed by atoms with Crippen molar-refractivity contribution in [3.8, 4) is 5.75 Å². The Balaban J connectivity index is 1.89. The maximum Gasteiger partial charge on any atom is 0.243 e. The number of hydrogen-bond acceptors (Lipinski definition) is 5. The number of nitrogens with one attached hydrogen (secondary N) is 1. The van der Waals surface area contributed by atoms with Crippen LogP contribution in [0, 0.1) is 6.92 Å². The molecule has 8 nitrogen and oxygen atoms in total. The van der Waals surface area contributed by atoms with Crippen molar-refractivity contribution in [3.05, 3.63) is 95.6 Å². The summed E-state index contributed by atoms with van der Waals surface area (Å²) in [6.07, 6.45) is 1.87. The van der Waals surface area contributed by atoms with Crippen LogP contribution in [0.5, 0.6) is 5.75 Å². The maximum atomic E-state index is 13.9. The zero-order chi connectivity index (χ0) is 30.0. The van der Waals surface area contributed by atoms with Crippen LogP contribution in [0.3, 0.4) is 0 Å². The Labute approximate surface area is 244 Å². The molecule has 3 rings (SSSR count). The summed E-state index contributed by atoms with van der Waals surface area (Å²) in [4.78, 5) is 29.0. The van der Waals surface area contributed by atoms with E-state index in [1.165, 1.54) is 4.31 Å². The first-order chi connectivity index (χ1) is 19.5. The number of benzene rings is 3. The molecular formula is C32H41N3O5S. The van der Waals surface area contributed by atoms with Gasteiger partial charge in [0, 0.05) is 32.0 Å². The molecule has 0 saturated carbocycles. The lowest BCUT2D eigenvalue weighted by atomic mass is 10.0. The van der Waals surface area contributed by atoms with Crippen molar-refractivity contribution in [2.24, 2.45) is 0 Å². The van der Waals surface area contributed by atoms with E-state index in [2.05, 4.69) is 5.32 Å². The van der Waals surface area contributed by atoms with Crippen molar-refractivity contribution in [1.82, 2.24) is 10.2 Å². The maximum absolute atomic E-state index is 13.9. The van der Waals surface area contributed by atoms with Crippen LogP contribution in [0.2, 0.25) is 0 Å². The van der Waals surface area contributed by atoms with E-state index < -0.39 is 16.1 Å². The number of sulfonamides is 1. The normalized spacial score (nSPS) is 12.0. The van der Waals surface area contributed by atoms with Crippen LogP contribution in [0.15, 0.2) is 78.9 Å². The number of carbonyl (C=O) groups excluding carboxylic acids is 2. The molecule has 220 valence electrons. The molecule has 3 aromatic carbocycles. The summed E-state index contributed by atoms with van der Waals surface area (Å²) in [7, 11) is -1.98. The molecule has 0 aromatic heterocycles. The Morgan fingerprint density at radius 3 is 2.20 bits per heavy atom. The molecule has 0 spiro atoms. The average Bonchev–Trinajstić information content (AvgIpc) is 2.93. The minimum absolute atomic E-state index is 0.0715. The highest BCUT2D eigenvalue weighted by Gasteiger charge is 2.31. The predicted molar refractivity (Wildman–Crippen MR) is 163 cm³/mol. The summed E-state index contributed by atoms with van der Waals surface area (Å²) in [6, 6.07) is 23.4. The van der Waals surface area contributed by atoms with E-state index in [1.54, 1.807) is 24.1 Å². The molecular weight excluding hydrogens is 538 g/mol. The van der Waals surface area contributed by atoms with Crippen molar-refractivity contribution >= 4 is 27.5 Å². The molecule has 1 N–H and O–H groups in total. The Hall–Kier alpha value is -3.85. The zero-order valence-electron chi connectivity index (χ0n) is 24.5. The van der Waals surface area contributed by atoms with Crippen LogP contribution in [0.4, 0.5) is 5.69 Å². The third kappa shape index (κ3) is 9.63.